The van der Waals surface area contributed by atoms with Crippen molar-refractivity contribution in [2.75, 3.05) is 42.3 Å². The van der Waals surface area contributed by atoms with Crippen LogP contribution in [-0.4, -0.2) is 56.1 Å². The summed E-state index contributed by atoms with van der Waals surface area (Å²) >= 11 is 0. The number of nitrogens with one attached hydrogen (secondary N) is 1. The normalized spacial score (nSPS) is 19.1. The number of hydrogen-bond donors (Lipinski definition) is 3. The van der Waals surface area contributed by atoms with Gasteiger partial charge in [-0.25, -0.2) is 13.4 Å². The molecule has 2 aliphatic rings. The van der Waals surface area contributed by atoms with E-state index in [1.165, 1.54) is 18.2 Å². The monoisotopic (exact) mass is 454 g/mol. The van der Waals surface area contributed by atoms with Crippen LogP contribution >= 0.6 is 0 Å². The van der Waals surface area contributed by atoms with Gasteiger partial charge < -0.3 is 25.8 Å². The van der Waals surface area contributed by atoms with E-state index in [1.807, 2.05) is 30.0 Å². The van der Waals surface area contributed by atoms with Crippen molar-refractivity contribution in [2.24, 2.45) is 5.73 Å². The van der Waals surface area contributed by atoms with Crippen LogP contribution in [0.5, 0.6) is 5.75 Å². The Morgan fingerprint density at radius 2 is 2.03 bits per heavy atom. The van der Waals surface area contributed by atoms with E-state index in [0.717, 1.165) is 22.2 Å². The average molecular weight is 455 g/mol. The van der Waals surface area contributed by atoms with Crippen LogP contribution in [0.15, 0.2) is 47.4 Å². The quantitative estimate of drug-likeness (QED) is 0.549. The van der Waals surface area contributed by atoms with Gasteiger partial charge in [-0.2, -0.15) is 0 Å². The first-order chi connectivity index (χ1) is 15.2. The molecule has 1 fully saturated rings. The van der Waals surface area contributed by atoms with Crippen molar-refractivity contribution in [3.05, 3.63) is 53.6 Å². The van der Waals surface area contributed by atoms with Crippen molar-refractivity contribution in [1.82, 2.24) is 4.98 Å². The van der Waals surface area contributed by atoms with Crippen LogP contribution in [0.2, 0.25) is 0 Å². The van der Waals surface area contributed by atoms with E-state index in [4.69, 9.17) is 15.5 Å². The fourth-order valence-corrected chi connectivity index (χ4v) is 5.66. The Hall–Kier alpha value is -2.88. The van der Waals surface area contributed by atoms with Gasteiger partial charge in [0, 0.05) is 36.8 Å². The Morgan fingerprint density at radius 1 is 1.22 bits per heavy atom. The highest BCUT2D eigenvalue weighted by molar-refractivity contribution is 7.91. The average Bonchev–Trinajstić information content (AvgIpc) is 2.86. The summed E-state index contributed by atoms with van der Waals surface area (Å²) in [4.78, 5) is 7.05. The van der Waals surface area contributed by atoms with Crippen LogP contribution in [0.3, 0.4) is 0 Å². The predicted molar refractivity (Wildman–Crippen MR) is 124 cm³/mol. The number of pyridine rings is 1. The maximum absolute atomic E-state index is 12.8. The first kappa shape index (κ1) is 21.0. The topological polar surface area (TPSA) is 118 Å². The molecule has 1 saturated heterocycles. The zero-order chi connectivity index (χ0) is 22.5. The second-order valence-corrected chi connectivity index (χ2v) is 10.9. The van der Waals surface area contributed by atoms with E-state index < -0.39 is 15.4 Å². The lowest BCUT2D eigenvalue weighted by molar-refractivity contribution is -0.0461. The number of hydrogen-bond acceptors (Lipinski definition) is 8. The Balaban J connectivity index is 1.55. The van der Waals surface area contributed by atoms with Crippen LogP contribution in [0.4, 0.5) is 11.5 Å². The number of fused-ring (bicyclic) bond motifs is 2. The molecule has 3 aromatic rings. The number of phenolic OH excluding ortho intramolecular Hbond substituents is 1. The molecule has 3 heterocycles. The molecular formula is C23H26N4O4S. The lowest BCUT2D eigenvalue weighted by Crippen LogP contribution is -2.61. The molecule has 2 aliphatic heterocycles. The highest BCUT2D eigenvalue weighted by Gasteiger charge is 2.34. The van der Waals surface area contributed by atoms with Crippen molar-refractivity contribution in [3.8, 4) is 5.75 Å². The van der Waals surface area contributed by atoms with Gasteiger partial charge in [0.1, 0.15) is 11.6 Å². The third-order valence-electron chi connectivity index (χ3n) is 6.05. The minimum atomic E-state index is -3.45. The van der Waals surface area contributed by atoms with Crippen LogP contribution in [0, 0.1) is 6.92 Å². The molecule has 0 saturated carbocycles. The Labute approximate surface area is 186 Å². The number of ether oxygens (including phenoxy) is 1. The number of nitrogens with zero attached hydrogens (tertiary/aromatic N) is 2. The molecule has 2 aromatic carbocycles. The summed E-state index contributed by atoms with van der Waals surface area (Å²) in [5.74, 6) is 0.692. The van der Waals surface area contributed by atoms with Crippen LogP contribution in [0.25, 0.3) is 10.9 Å². The maximum atomic E-state index is 12.8. The summed E-state index contributed by atoms with van der Waals surface area (Å²) in [5, 5.41) is 14.4. The number of aromatic hydroxyl groups is 1. The highest BCUT2D eigenvalue weighted by Crippen LogP contribution is 2.32. The number of nitrogens with two attached hydrogens (primary N) is 1. The van der Waals surface area contributed by atoms with Crippen LogP contribution in [-0.2, 0) is 21.1 Å². The molecule has 168 valence electrons. The van der Waals surface area contributed by atoms with Gasteiger partial charge in [0.25, 0.3) is 0 Å². The number of benzene rings is 2. The van der Waals surface area contributed by atoms with Gasteiger partial charge >= 0.3 is 0 Å². The SMILES string of the molecule is Cc1ccc2nc(N3CCS(=O)(=O)c4ccc(O)cc4C3)cc(NCC3(N)COC3)c2c1. The summed E-state index contributed by atoms with van der Waals surface area (Å²) in [6, 6.07) is 12.4. The molecule has 0 atom stereocenters. The fraction of sp³-hybridized carbons (Fsp3) is 0.348. The Morgan fingerprint density at radius 3 is 2.78 bits per heavy atom. The maximum Gasteiger partial charge on any atom is 0.180 e. The van der Waals surface area contributed by atoms with E-state index in [0.29, 0.717) is 44.2 Å². The molecule has 0 bridgehead atoms. The van der Waals surface area contributed by atoms with E-state index in [-0.39, 0.29) is 16.4 Å². The van der Waals surface area contributed by atoms with Crippen molar-refractivity contribution < 1.29 is 18.3 Å². The summed E-state index contributed by atoms with van der Waals surface area (Å²) in [6.07, 6.45) is 0. The van der Waals surface area contributed by atoms with Gasteiger partial charge in [-0.1, -0.05) is 11.6 Å². The molecular weight excluding hydrogens is 428 g/mol. The van der Waals surface area contributed by atoms with Gasteiger partial charge in [0.05, 0.1) is 34.9 Å². The van der Waals surface area contributed by atoms with Gasteiger partial charge in [-0.15, -0.1) is 0 Å². The largest absolute Gasteiger partial charge is 0.508 e. The van der Waals surface area contributed by atoms with E-state index in [1.54, 1.807) is 0 Å². The van der Waals surface area contributed by atoms with E-state index >= 15 is 0 Å². The van der Waals surface area contributed by atoms with Crippen molar-refractivity contribution in [2.45, 2.75) is 23.9 Å². The number of aryl methyl sites for hydroxylation is 1. The smallest absolute Gasteiger partial charge is 0.180 e. The van der Waals surface area contributed by atoms with Gasteiger partial charge in [-0.05, 0) is 42.8 Å². The van der Waals surface area contributed by atoms with Gasteiger partial charge in [0.2, 0.25) is 0 Å². The minimum absolute atomic E-state index is 0.0234. The number of sulfone groups is 1. The fourth-order valence-electron chi connectivity index (χ4n) is 4.18. The van der Waals surface area contributed by atoms with E-state index in [9.17, 15) is 13.5 Å². The second kappa shape index (κ2) is 7.61. The third kappa shape index (κ3) is 3.87. The second-order valence-electron chi connectivity index (χ2n) is 8.79. The number of anilines is 2. The molecule has 4 N–H and O–H groups in total. The molecule has 0 amide bonds. The first-order valence-electron chi connectivity index (χ1n) is 10.5. The number of aromatic nitrogens is 1. The molecule has 0 radical (unpaired) electrons. The van der Waals surface area contributed by atoms with Gasteiger partial charge in [0.15, 0.2) is 9.84 Å². The molecule has 0 aliphatic carbocycles. The summed E-state index contributed by atoms with van der Waals surface area (Å²) in [7, 11) is -3.45. The van der Waals surface area contributed by atoms with Crippen molar-refractivity contribution in [1.29, 1.82) is 0 Å². The summed E-state index contributed by atoms with van der Waals surface area (Å²) in [6.45, 7) is 4.25. The zero-order valence-electron chi connectivity index (χ0n) is 17.8. The van der Waals surface area contributed by atoms with Gasteiger partial charge in [-0.3, -0.25) is 0 Å². The molecule has 8 nitrogen and oxygen atoms in total. The molecule has 5 rings (SSSR count). The highest BCUT2D eigenvalue weighted by atomic mass is 32.2. The number of phenols is 1. The molecule has 0 unspecified atom stereocenters. The molecule has 1 aromatic heterocycles. The Kier molecular flexibility index (Phi) is 4.99. The van der Waals surface area contributed by atoms with Crippen molar-refractivity contribution in [3.63, 3.8) is 0 Å². The molecule has 0 spiro atoms. The zero-order valence-corrected chi connectivity index (χ0v) is 18.7. The lowest BCUT2D eigenvalue weighted by Gasteiger charge is -2.38. The van der Waals surface area contributed by atoms with Crippen LogP contribution in [0.1, 0.15) is 11.1 Å². The number of rotatable bonds is 4. The minimum Gasteiger partial charge on any atom is -0.508 e. The first-order valence-corrected chi connectivity index (χ1v) is 12.2. The lowest BCUT2D eigenvalue weighted by atomic mass is 9.99. The Bertz CT molecular complexity index is 1300. The van der Waals surface area contributed by atoms with E-state index in [2.05, 4.69) is 11.4 Å². The predicted octanol–water partition coefficient (Wildman–Crippen LogP) is 2.18. The standard InChI is InChI=1S/C23H26N4O4S/c1-15-2-4-19-18(8-15)20(25-12-23(24)13-31-14-23)10-22(26-19)27-6-7-32(29,30)21-5-3-17(28)9-16(21)11-27/h2-5,8-10,28H,6-7,11-14,24H2,1H3,(H,25,26). The summed E-state index contributed by atoms with van der Waals surface area (Å²) < 4.78 is 30.8. The third-order valence-corrected chi connectivity index (χ3v) is 7.84. The van der Waals surface area contributed by atoms with Crippen LogP contribution < -0.4 is 16.0 Å². The molecule has 9 heteroatoms. The van der Waals surface area contributed by atoms with Crippen molar-refractivity contribution >= 4 is 32.2 Å². The summed E-state index contributed by atoms with van der Waals surface area (Å²) in [5.41, 5.74) is 9.32. The molecule has 32 heavy (non-hydrogen) atoms.